The van der Waals surface area contributed by atoms with E-state index in [-0.39, 0.29) is 36.7 Å². The third-order valence-electron chi connectivity index (χ3n) is 5.77. The SMILES string of the molecule is O=C(CCNc1nc(Nc2cccc(OC3CCNCC3)c2)ncc1C(F)(F)F)N1CCOCC1. The average molecular weight is 495 g/mol. The largest absolute Gasteiger partial charge is 0.490 e. The zero-order chi connectivity index (χ0) is 24.7. The predicted octanol–water partition coefficient (Wildman–Crippen LogP) is 3.03. The molecular weight excluding hydrogens is 465 g/mol. The molecule has 3 N–H and O–H groups in total. The van der Waals surface area contributed by atoms with Gasteiger partial charge in [0.15, 0.2) is 0 Å². The van der Waals surface area contributed by atoms with Gasteiger partial charge in [0.25, 0.3) is 0 Å². The zero-order valence-corrected chi connectivity index (χ0v) is 19.2. The number of aromatic nitrogens is 2. The average Bonchev–Trinajstić information content (AvgIpc) is 2.85. The maximum absolute atomic E-state index is 13.5. The lowest BCUT2D eigenvalue weighted by Crippen LogP contribution is -2.41. The summed E-state index contributed by atoms with van der Waals surface area (Å²) in [6, 6.07) is 7.14. The maximum Gasteiger partial charge on any atom is 0.421 e. The van der Waals surface area contributed by atoms with Crippen LogP contribution in [-0.2, 0) is 15.7 Å². The minimum Gasteiger partial charge on any atom is -0.490 e. The van der Waals surface area contributed by atoms with E-state index in [9.17, 15) is 18.0 Å². The summed E-state index contributed by atoms with van der Waals surface area (Å²) in [6.45, 7) is 3.69. The predicted molar refractivity (Wildman–Crippen MR) is 124 cm³/mol. The van der Waals surface area contributed by atoms with E-state index >= 15 is 0 Å². The molecule has 35 heavy (non-hydrogen) atoms. The number of hydrogen-bond acceptors (Lipinski definition) is 8. The van der Waals surface area contributed by atoms with Crippen LogP contribution < -0.4 is 20.7 Å². The van der Waals surface area contributed by atoms with Gasteiger partial charge < -0.3 is 30.3 Å². The van der Waals surface area contributed by atoms with E-state index in [4.69, 9.17) is 9.47 Å². The van der Waals surface area contributed by atoms with E-state index in [0.29, 0.717) is 37.7 Å². The van der Waals surface area contributed by atoms with Crippen molar-refractivity contribution in [2.45, 2.75) is 31.5 Å². The first-order valence-corrected chi connectivity index (χ1v) is 11.7. The molecule has 0 radical (unpaired) electrons. The van der Waals surface area contributed by atoms with E-state index in [1.807, 2.05) is 6.07 Å². The molecule has 2 aliphatic rings. The van der Waals surface area contributed by atoms with Gasteiger partial charge in [0.2, 0.25) is 11.9 Å². The Labute approximate surface area is 201 Å². The van der Waals surface area contributed by atoms with Crippen LogP contribution >= 0.6 is 0 Å². The molecule has 1 amide bonds. The monoisotopic (exact) mass is 494 g/mol. The van der Waals surface area contributed by atoms with E-state index in [2.05, 4.69) is 25.9 Å². The number of amides is 1. The first-order valence-electron chi connectivity index (χ1n) is 11.7. The maximum atomic E-state index is 13.5. The number of rotatable bonds is 8. The van der Waals surface area contributed by atoms with Gasteiger partial charge >= 0.3 is 6.18 Å². The molecule has 9 nitrogen and oxygen atoms in total. The molecular formula is C23H29F3N6O3. The molecule has 0 aliphatic carbocycles. The Balaban J connectivity index is 1.41. The molecule has 0 spiro atoms. The summed E-state index contributed by atoms with van der Waals surface area (Å²) < 4.78 is 51.8. The number of benzene rings is 1. The molecule has 2 fully saturated rings. The Kier molecular flexibility index (Phi) is 8.24. The quantitative estimate of drug-likeness (QED) is 0.515. The molecule has 4 rings (SSSR count). The summed E-state index contributed by atoms with van der Waals surface area (Å²) in [6.07, 6.45) is -1.94. The van der Waals surface area contributed by atoms with Gasteiger partial charge in [-0.05, 0) is 38.1 Å². The second kappa shape index (κ2) is 11.5. The van der Waals surface area contributed by atoms with Crippen LogP contribution in [0, 0.1) is 0 Å². The minimum atomic E-state index is -4.64. The highest BCUT2D eigenvalue weighted by Gasteiger charge is 2.35. The van der Waals surface area contributed by atoms with Crippen molar-refractivity contribution < 1.29 is 27.4 Å². The number of piperidine rings is 1. The van der Waals surface area contributed by atoms with Crippen LogP contribution in [0.15, 0.2) is 30.5 Å². The van der Waals surface area contributed by atoms with Crippen LogP contribution in [0.4, 0.5) is 30.6 Å². The number of anilines is 3. The van der Waals surface area contributed by atoms with Crippen molar-refractivity contribution in [2.24, 2.45) is 0 Å². The lowest BCUT2D eigenvalue weighted by Gasteiger charge is -2.27. The molecule has 0 atom stereocenters. The fraction of sp³-hybridized carbons (Fsp3) is 0.522. The smallest absolute Gasteiger partial charge is 0.421 e. The van der Waals surface area contributed by atoms with E-state index in [0.717, 1.165) is 32.1 Å². The molecule has 0 bridgehead atoms. The van der Waals surface area contributed by atoms with Crippen LogP contribution in [0.5, 0.6) is 5.75 Å². The number of carbonyl (C=O) groups excluding carboxylic acids is 1. The number of carbonyl (C=O) groups is 1. The Morgan fingerprint density at radius 2 is 2.00 bits per heavy atom. The third-order valence-corrected chi connectivity index (χ3v) is 5.77. The number of hydrogen-bond donors (Lipinski definition) is 3. The van der Waals surface area contributed by atoms with Crippen molar-refractivity contribution in [1.29, 1.82) is 0 Å². The van der Waals surface area contributed by atoms with Crippen LogP contribution in [0.25, 0.3) is 0 Å². The van der Waals surface area contributed by atoms with Crippen molar-refractivity contribution in [2.75, 3.05) is 56.6 Å². The van der Waals surface area contributed by atoms with Gasteiger partial charge in [0.1, 0.15) is 23.2 Å². The van der Waals surface area contributed by atoms with E-state index in [1.54, 1.807) is 23.1 Å². The van der Waals surface area contributed by atoms with E-state index < -0.39 is 11.7 Å². The molecule has 190 valence electrons. The normalized spacial score (nSPS) is 17.2. The summed E-state index contributed by atoms with van der Waals surface area (Å²) in [5.41, 5.74) is -0.408. The summed E-state index contributed by atoms with van der Waals surface area (Å²) in [5, 5.41) is 8.88. The summed E-state index contributed by atoms with van der Waals surface area (Å²) in [5.74, 6) is 0.132. The lowest BCUT2D eigenvalue weighted by atomic mass is 10.1. The van der Waals surface area contributed by atoms with Gasteiger partial charge in [-0.25, -0.2) is 4.98 Å². The van der Waals surface area contributed by atoms with Crippen LogP contribution in [0.3, 0.4) is 0 Å². The second-order valence-electron chi connectivity index (χ2n) is 8.34. The molecule has 2 aliphatic heterocycles. The van der Waals surface area contributed by atoms with Crippen molar-refractivity contribution in [3.8, 4) is 5.75 Å². The van der Waals surface area contributed by atoms with E-state index in [1.165, 1.54) is 0 Å². The van der Waals surface area contributed by atoms with Crippen LogP contribution in [0.2, 0.25) is 0 Å². The van der Waals surface area contributed by atoms with Gasteiger partial charge in [0, 0.05) is 44.0 Å². The highest BCUT2D eigenvalue weighted by Crippen LogP contribution is 2.34. The van der Waals surface area contributed by atoms with Gasteiger partial charge in [-0.1, -0.05) is 6.07 Å². The number of alkyl halides is 3. The number of nitrogens with zero attached hydrogens (tertiary/aromatic N) is 3. The van der Waals surface area contributed by atoms with Crippen molar-refractivity contribution in [3.63, 3.8) is 0 Å². The Hall–Kier alpha value is -3.12. The number of halogens is 3. The highest BCUT2D eigenvalue weighted by molar-refractivity contribution is 5.76. The lowest BCUT2D eigenvalue weighted by molar-refractivity contribution is -0.137. The third kappa shape index (κ3) is 7.18. The van der Waals surface area contributed by atoms with Gasteiger partial charge in [0.05, 0.1) is 13.2 Å². The van der Waals surface area contributed by atoms with Crippen LogP contribution in [-0.4, -0.2) is 72.8 Å². The van der Waals surface area contributed by atoms with Gasteiger partial charge in [-0.15, -0.1) is 0 Å². The summed E-state index contributed by atoms with van der Waals surface area (Å²) in [4.78, 5) is 21.8. The number of ether oxygens (including phenoxy) is 2. The molecule has 0 unspecified atom stereocenters. The molecule has 2 saturated heterocycles. The van der Waals surface area contributed by atoms with Gasteiger partial charge in [-0.2, -0.15) is 18.2 Å². The zero-order valence-electron chi connectivity index (χ0n) is 19.2. The second-order valence-corrected chi connectivity index (χ2v) is 8.34. The van der Waals surface area contributed by atoms with Crippen molar-refractivity contribution in [3.05, 3.63) is 36.0 Å². The minimum absolute atomic E-state index is 0.000905. The molecule has 2 aromatic rings. The fourth-order valence-electron chi connectivity index (χ4n) is 3.92. The molecule has 1 aromatic heterocycles. The van der Waals surface area contributed by atoms with Crippen molar-refractivity contribution >= 4 is 23.4 Å². The number of morpholine rings is 1. The molecule has 12 heteroatoms. The summed E-state index contributed by atoms with van der Waals surface area (Å²) in [7, 11) is 0. The highest BCUT2D eigenvalue weighted by atomic mass is 19.4. The van der Waals surface area contributed by atoms with Crippen LogP contribution in [0.1, 0.15) is 24.8 Å². The topological polar surface area (TPSA) is 101 Å². The fourth-order valence-corrected chi connectivity index (χ4v) is 3.92. The standard InChI is InChI=1S/C23H29F3N6O3/c24-23(25,26)19-15-29-22(31-21(19)28-9-6-20(33)32-10-12-34-13-11-32)30-16-2-1-3-18(14-16)35-17-4-7-27-8-5-17/h1-3,14-15,17,27H,4-13H2,(H2,28,29,30,31). The summed E-state index contributed by atoms with van der Waals surface area (Å²) >= 11 is 0. The molecule has 1 aromatic carbocycles. The molecule has 3 heterocycles. The number of nitrogens with one attached hydrogen (secondary N) is 3. The molecule has 0 saturated carbocycles. The Morgan fingerprint density at radius 1 is 1.23 bits per heavy atom. The van der Waals surface area contributed by atoms with Gasteiger partial charge in [-0.3, -0.25) is 4.79 Å². The Bertz CT molecular complexity index is 995. The first-order chi connectivity index (χ1) is 16.9. The Morgan fingerprint density at radius 3 is 2.74 bits per heavy atom. The van der Waals surface area contributed by atoms with Crippen molar-refractivity contribution in [1.82, 2.24) is 20.2 Å². The first kappa shape index (κ1) is 25.0.